The highest BCUT2D eigenvalue weighted by Gasteiger charge is 2.06. The Morgan fingerprint density at radius 1 is 0.675 bits per heavy atom. The third kappa shape index (κ3) is 22.5. The van der Waals surface area contributed by atoms with Gasteiger partial charge in [0, 0.05) is 37.3 Å². The number of aliphatic hydroxyl groups excluding tert-OH is 2. The lowest BCUT2D eigenvalue weighted by molar-refractivity contribution is -0.134. The molecule has 10 heteroatoms. The zero-order valence-corrected chi connectivity index (χ0v) is 24.3. The van der Waals surface area contributed by atoms with Gasteiger partial charge >= 0.3 is 11.9 Å². The second kappa shape index (κ2) is 21.4. The first kappa shape index (κ1) is 36.6. The number of hydrogen-bond acceptors (Lipinski definition) is 8. The Morgan fingerprint density at radius 3 is 1.23 bits per heavy atom. The third-order valence-electron chi connectivity index (χ3n) is 4.82. The SMILES string of the molecule is Cc1ccc(OCC(O)CNC(C)C)cc1.Cc1ccc(OCC(O)CNC(C)C)cc1.O=C(O)/C=C/C(=O)O. The average molecular weight is 563 g/mol. The van der Waals surface area contributed by atoms with E-state index in [2.05, 4.69) is 10.6 Å². The van der Waals surface area contributed by atoms with E-state index in [1.165, 1.54) is 11.1 Å². The maximum atomic E-state index is 9.63. The molecule has 2 rings (SSSR count). The molecule has 0 aliphatic heterocycles. The normalized spacial score (nSPS) is 12.2. The van der Waals surface area contributed by atoms with Gasteiger partial charge in [-0.15, -0.1) is 0 Å². The number of rotatable bonds is 14. The zero-order chi connectivity index (χ0) is 30.5. The predicted octanol–water partition coefficient (Wildman–Crippen LogP) is 3.18. The van der Waals surface area contributed by atoms with Gasteiger partial charge in [0.1, 0.15) is 36.9 Å². The molecule has 0 saturated carbocycles. The van der Waals surface area contributed by atoms with Crippen LogP contribution in [0.2, 0.25) is 0 Å². The van der Waals surface area contributed by atoms with E-state index in [1.807, 2.05) is 90.1 Å². The maximum Gasteiger partial charge on any atom is 0.328 e. The van der Waals surface area contributed by atoms with Gasteiger partial charge in [0.15, 0.2) is 0 Å². The van der Waals surface area contributed by atoms with Gasteiger partial charge in [0.25, 0.3) is 0 Å². The minimum Gasteiger partial charge on any atom is -0.491 e. The molecule has 0 amide bonds. The quantitative estimate of drug-likeness (QED) is 0.189. The number of aryl methyl sites for hydroxylation is 2. The van der Waals surface area contributed by atoms with Crippen molar-refractivity contribution in [1.29, 1.82) is 0 Å². The Bertz CT molecular complexity index is 897. The summed E-state index contributed by atoms with van der Waals surface area (Å²) >= 11 is 0. The van der Waals surface area contributed by atoms with Gasteiger partial charge in [0.2, 0.25) is 0 Å². The third-order valence-corrected chi connectivity index (χ3v) is 4.82. The van der Waals surface area contributed by atoms with E-state index in [0.717, 1.165) is 11.5 Å². The minimum absolute atomic E-state index is 0.322. The number of carbonyl (C=O) groups is 2. The fourth-order valence-corrected chi connectivity index (χ4v) is 2.66. The zero-order valence-electron chi connectivity index (χ0n) is 24.3. The standard InChI is InChI=1S/2C13H21NO2.C4H4O4/c2*1-10(2)14-8-12(15)9-16-13-6-4-11(3)5-7-13;5-3(6)1-2-4(7)8/h2*4-7,10,12,14-15H,8-9H2,1-3H3;1-2H,(H,5,6)(H,7,8)/b;;2-1+. The lowest BCUT2D eigenvalue weighted by Gasteiger charge is -2.15. The van der Waals surface area contributed by atoms with Crippen molar-refractivity contribution < 1.29 is 39.5 Å². The Kier molecular flexibility index (Phi) is 19.6. The van der Waals surface area contributed by atoms with E-state index < -0.39 is 24.1 Å². The molecule has 0 radical (unpaired) electrons. The predicted molar refractivity (Wildman–Crippen MR) is 156 cm³/mol. The van der Waals surface area contributed by atoms with Crippen molar-refractivity contribution in [2.24, 2.45) is 0 Å². The van der Waals surface area contributed by atoms with Crippen LogP contribution in [-0.4, -0.2) is 83.0 Å². The molecule has 10 nitrogen and oxygen atoms in total. The second-order valence-electron chi connectivity index (χ2n) is 9.69. The molecule has 0 fully saturated rings. The molecule has 0 bridgehead atoms. The van der Waals surface area contributed by atoms with Gasteiger partial charge in [-0.25, -0.2) is 9.59 Å². The lowest BCUT2D eigenvalue weighted by Crippen LogP contribution is -2.35. The van der Waals surface area contributed by atoms with Crippen LogP contribution < -0.4 is 20.1 Å². The number of nitrogens with one attached hydrogen (secondary N) is 2. The largest absolute Gasteiger partial charge is 0.491 e. The number of aliphatic carboxylic acids is 2. The van der Waals surface area contributed by atoms with Gasteiger partial charge in [-0.1, -0.05) is 63.1 Å². The van der Waals surface area contributed by atoms with Crippen molar-refractivity contribution in [2.75, 3.05) is 26.3 Å². The summed E-state index contributed by atoms with van der Waals surface area (Å²) in [4.78, 5) is 19.1. The highest BCUT2D eigenvalue weighted by molar-refractivity contribution is 5.89. The van der Waals surface area contributed by atoms with Crippen LogP contribution >= 0.6 is 0 Å². The van der Waals surface area contributed by atoms with Crippen molar-refractivity contribution in [3.63, 3.8) is 0 Å². The number of benzene rings is 2. The molecule has 0 saturated heterocycles. The van der Waals surface area contributed by atoms with Crippen LogP contribution in [0.5, 0.6) is 11.5 Å². The van der Waals surface area contributed by atoms with Crippen molar-refractivity contribution >= 4 is 11.9 Å². The monoisotopic (exact) mass is 562 g/mol. The first-order chi connectivity index (χ1) is 18.8. The van der Waals surface area contributed by atoms with Gasteiger partial charge in [-0.3, -0.25) is 0 Å². The van der Waals surface area contributed by atoms with E-state index in [9.17, 15) is 19.8 Å². The van der Waals surface area contributed by atoms with Crippen LogP contribution in [0.3, 0.4) is 0 Å². The highest BCUT2D eigenvalue weighted by atomic mass is 16.5. The highest BCUT2D eigenvalue weighted by Crippen LogP contribution is 2.12. The van der Waals surface area contributed by atoms with Gasteiger partial charge in [0.05, 0.1) is 0 Å². The number of hydrogen-bond donors (Lipinski definition) is 6. The van der Waals surface area contributed by atoms with Crippen LogP contribution in [0.25, 0.3) is 0 Å². The summed E-state index contributed by atoms with van der Waals surface area (Å²) in [5, 5.41) is 41.2. The van der Waals surface area contributed by atoms with E-state index in [4.69, 9.17) is 19.7 Å². The molecule has 40 heavy (non-hydrogen) atoms. The molecule has 0 aliphatic carbocycles. The number of carboxylic acids is 2. The molecular formula is C30H46N2O8. The second-order valence-corrected chi connectivity index (χ2v) is 9.69. The number of aliphatic hydroxyl groups is 2. The Hall–Kier alpha value is -3.44. The van der Waals surface area contributed by atoms with Crippen LogP contribution in [0.1, 0.15) is 38.8 Å². The Balaban J connectivity index is 0.000000605. The minimum atomic E-state index is -1.26. The van der Waals surface area contributed by atoms with Crippen molar-refractivity contribution in [3.05, 3.63) is 71.8 Å². The molecule has 2 aromatic rings. The van der Waals surface area contributed by atoms with Crippen LogP contribution in [0.15, 0.2) is 60.7 Å². The molecule has 0 heterocycles. The fourth-order valence-electron chi connectivity index (χ4n) is 2.66. The molecular weight excluding hydrogens is 516 g/mol. The fraction of sp³-hybridized carbons (Fsp3) is 0.467. The first-order valence-corrected chi connectivity index (χ1v) is 13.1. The topological polar surface area (TPSA) is 158 Å². The van der Waals surface area contributed by atoms with E-state index in [-0.39, 0.29) is 0 Å². The summed E-state index contributed by atoms with van der Waals surface area (Å²) in [6, 6.07) is 16.4. The summed E-state index contributed by atoms with van der Waals surface area (Å²) in [5.41, 5.74) is 2.41. The maximum absolute atomic E-state index is 9.63. The summed E-state index contributed by atoms with van der Waals surface area (Å²) < 4.78 is 10.9. The molecule has 0 aromatic heterocycles. The summed E-state index contributed by atoms with van der Waals surface area (Å²) in [6.07, 6.45) is 0.178. The van der Waals surface area contributed by atoms with Crippen LogP contribution in [0, 0.1) is 13.8 Å². The van der Waals surface area contributed by atoms with Gasteiger partial charge in [-0.2, -0.15) is 0 Å². The number of ether oxygens (including phenoxy) is 2. The molecule has 0 aliphatic rings. The van der Waals surface area contributed by atoms with Crippen LogP contribution in [0.4, 0.5) is 0 Å². The van der Waals surface area contributed by atoms with E-state index in [1.54, 1.807) is 0 Å². The summed E-state index contributed by atoms with van der Waals surface area (Å²) in [7, 11) is 0. The Labute approximate surface area is 237 Å². The van der Waals surface area contributed by atoms with Gasteiger partial charge in [-0.05, 0) is 38.1 Å². The smallest absolute Gasteiger partial charge is 0.328 e. The number of carboxylic acid groups (broad SMARTS) is 2. The molecule has 2 unspecified atom stereocenters. The summed E-state index contributed by atoms with van der Waals surface area (Å²) in [6.45, 7) is 14.0. The van der Waals surface area contributed by atoms with E-state index >= 15 is 0 Å². The molecule has 2 aromatic carbocycles. The van der Waals surface area contributed by atoms with Crippen LogP contribution in [-0.2, 0) is 9.59 Å². The first-order valence-electron chi connectivity index (χ1n) is 13.1. The van der Waals surface area contributed by atoms with Crippen molar-refractivity contribution in [3.8, 4) is 11.5 Å². The van der Waals surface area contributed by atoms with Crippen molar-refractivity contribution in [1.82, 2.24) is 10.6 Å². The average Bonchev–Trinajstić information content (AvgIpc) is 2.89. The van der Waals surface area contributed by atoms with Crippen molar-refractivity contribution in [2.45, 2.75) is 65.8 Å². The summed E-state index contributed by atoms with van der Waals surface area (Å²) in [5.74, 6) is -0.914. The lowest BCUT2D eigenvalue weighted by atomic mass is 10.2. The van der Waals surface area contributed by atoms with E-state index in [0.29, 0.717) is 50.5 Å². The molecule has 224 valence electrons. The molecule has 0 spiro atoms. The molecule has 6 N–H and O–H groups in total. The Morgan fingerprint density at radius 2 is 0.975 bits per heavy atom. The van der Waals surface area contributed by atoms with Gasteiger partial charge < -0.3 is 40.5 Å². The molecule has 2 atom stereocenters.